The van der Waals surface area contributed by atoms with Crippen molar-refractivity contribution >= 4 is 10.0 Å². The molecule has 0 heterocycles. The summed E-state index contributed by atoms with van der Waals surface area (Å²) in [7, 11) is -1.96. The zero-order valence-electron chi connectivity index (χ0n) is 11.3. The van der Waals surface area contributed by atoms with Gasteiger partial charge in [-0.05, 0) is 49.4 Å². The second kappa shape index (κ2) is 5.32. The molecule has 19 heavy (non-hydrogen) atoms. The van der Waals surface area contributed by atoms with E-state index in [1.165, 1.54) is 16.9 Å². The van der Waals surface area contributed by atoms with Gasteiger partial charge in [-0.25, -0.2) is 8.42 Å². The van der Waals surface area contributed by atoms with E-state index in [1.54, 1.807) is 19.1 Å². The second-order valence-corrected chi connectivity index (χ2v) is 7.14. The maximum atomic E-state index is 12.4. The fourth-order valence-corrected chi connectivity index (χ4v) is 3.72. The first-order valence-electron chi connectivity index (χ1n) is 6.43. The molecule has 1 atom stereocenters. The number of rotatable bonds is 4. The van der Waals surface area contributed by atoms with Crippen molar-refractivity contribution in [2.24, 2.45) is 5.92 Å². The SMILES string of the molecule is CC(C#N)CN(C)S(=O)(=O)c1ccc2c(c1)CCC2. The van der Waals surface area contributed by atoms with Gasteiger partial charge in [-0.15, -0.1) is 0 Å². The Morgan fingerprint density at radius 2 is 2.05 bits per heavy atom. The summed E-state index contributed by atoms with van der Waals surface area (Å²) in [6.45, 7) is 1.94. The van der Waals surface area contributed by atoms with Crippen LogP contribution in [-0.4, -0.2) is 26.3 Å². The smallest absolute Gasteiger partial charge is 0.207 e. The van der Waals surface area contributed by atoms with Crippen molar-refractivity contribution in [3.8, 4) is 6.07 Å². The van der Waals surface area contributed by atoms with Crippen LogP contribution in [0.3, 0.4) is 0 Å². The van der Waals surface area contributed by atoms with Crippen LogP contribution in [0.25, 0.3) is 0 Å². The third-order valence-corrected chi connectivity index (χ3v) is 5.35. The highest BCUT2D eigenvalue weighted by molar-refractivity contribution is 7.89. The highest BCUT2D eigenvalue weighted by atomic mass is 32.2. The lowest BCUT2D eigenvalue weighted by molar-refractivity contribution is 0.439. The zero-order chi connectivity index (χ0) is 14.0. The lowest BCUT2D eigenvalue weighted by atomic mass is 10.1. The normalized spacial score (nSPS) is 16.1. The Hall–Kier alpha value is -1.38. The van der Waals surface area contributed by atoms with E-state index in [0.29, 0.717) is 4.90 Å². The molecule has 0 radical (unpaired) electrons. The minimum Gasteiger partial charge on any atom is -0.207 e. The maximum absolute atomic E-state index is 12.4. The zero-order valence-corrected chi connectivity index (χ0v) is 12.1. The molecule has 0 amide bonds. The van der Waals surface area contributed by atoms with Gasteiger partial charge in [0, 0.05) is 13.6 Å². The molecule has 5 heteroatoms. The van der Waals surface area contributed by atoms with Crippen molar-refractivity contribution in [3.63, 3.8) is 0 Å². The fraction of sp³-hybridized carbons (Fsp3) is 0.500. The van der Waals surface area contributed by atoms with Gasteiger partial charge in [-0.3, -0.25) is 0 Å². The number of sulfonamides is 1. The maximum Gasteiger partial charge on any atom is 0.242 e. The monoisotopic (exact) mass is 278 g/mol. The van der Waals surface area contributed by atoms with Gasteiger partial charge in [0.05, 0.1) is 16.9 Å². The molecular weight excluding hydrogens is 260 g/mol. The highest BCUT2D eigenvalue weighted by Crippen LogP contribution is 2.26. The number of benzene rings is 1. The van der Waals surface area contributed by atoms with Crippen molar-refractivity contribution in [2.45, 2.75) is 31.1 Å². The van der Waals surface area contributed by atoms with Crippen molar-refractivity contribution < 1.29 is 8.42 Å². The molecular formula is C14H18N2O2S. The topological polar surface area (TPSA) is 61.2 Å². The average Bonchev–Trinajstić information content (AvgIpc) is 2.85. The average molecular weight is 278 g/mol. The molecule has 1 aliphatic carbocycles. The third-order valence-electron chi connectivity index (χ3n) is 3.53. The van der Waals surface area contributed by atoms with Crippen LogP contribution >= 0.6 is 0 Å². The molecule has 4 nitrogen and oxygen atoms in total. The minimum atomic E-state index is -3.48. The summed E-state index contributed by atoms with van der Waals surface area (Å²) < 4.78 is 26.1. The number of nitriles is 1. The number of hydrogen-bond donors (Lipinski definition) is 0. The van der Waals surface area contributed by atoms with Crippen molar-refractivity contribution in [1.82, 2.24) is 4.31 Å². The van der Waals surface area contributed by atoms with Gasteiger partial charge < -0.3 is 0 Å². The molecule has 2 rings (SSSR count). The Bertz CT molecular complexity index is 617. The van der Waals surface area contributed by atoms with E-state index in [4.69, 9.17) is 5.26 Å². The molecule has 0 saturated heterocycles. The lowest BCUT2D eigenvalue weighted by Gasteiger charge is -2.18. The molecule has 0 spiro atoms. The van der Waals surface area contributed by atoms with Gasteiger partial charge in [-0.2, -0.15) is 9.57 Å². The number of nitrogens with zero attached hydrogens (tertiary/aromatic N) is 2. The van der Waals surface area contributed by atoms with E-state index in [0.717, 1.165) is 24.8 Å². The highest BCUT2D eigenvalue weighted by Gasteiger charge is 2.24. The van der Waals surface area contributed by atoms with Gasteiger partial charge >= 0.3 is 0 Å². The summed E-state index contributed by atoms with van der Waals surface area (Å²) >= 11 is 0. The van der Waals surface area contributed by atoms with Crippen LogP contribution in [0, 0.1) is 17.2 Å². The molecule has 0 bridgehead atoms. The van der Waals surface area contributed by atoms with Gasteiger partial charge in [0.2, 0.25) is 10.0 Å². The summed E-state index contributed by atoms with van der Waals surface area (Å²) in [5.41, 5.74) is 2.40. The Morgan fingerprint density at radius 3 is 2.74 bits per heavy atom. The first-order chi connectivity index (χ1) is 8.95. The van der Waals surface area contributed by atoms with Gasteiger partial charge in [0.1, 0.15) is 0 Å². The third kappa shape index (κ3) is 2.80. The molecule has 102 valence electrons. The Kier molecular flexibility index (Phi) is 3.93. The fourth-order valence-electron chi connectivity index (χ4n) is 2.41. The van der Waals surface area contributed by atoms with E-state index in [-0.39, 0.29) is 12.5 Å². The number of aryl methyl sites for hydroxylation is 2. The van der Waals surface area contributed by atoms with E-state index >= 15 is 0 Å². The van der Waals surface area contributed by atoms with Crippen molar-refractivity contribution in [3.05, 3.63) is 29.3 Å². The van der Waals surface area contributed by atoms with Gasteiger partial charge in [0.25, 0.3) is 0 Å². The predicted molar refractivity (Wildman–Crippen MR) is 73.1 cm³/mol. The largest absolute Gasteiger partial charge is 0.242 e. The van der Waals surface area contributed by atoms with Crippen LogP contribution in [0.5, 0.6) is 0 Å². The standard InChI is InChI=1S/C14H18N2O2S/c1-11(9-15)10-16(2)19(17,18)14-7-6-12-4-3-5-13(12)8-14/h6-8,11H,3-5,10H2,1-2H3. The van der Waals surface area contributed by atoms with Crippen molar-refractivity contribution in [2.75, 3.05) is 13.6 Å². The van der Waals surface area contributed by atoms with Crippen LogP contribution in [0.4, 0.5) is 0 Å². The first kappa shape index (κ1) is 14.0. The molecule has 1 aromatic rings. The molecule has 1 unspecified atom stereocenters. The van der Waals surface area contributed by atoms with Crippen molar-refractivity contribution in [1.29, 1.82) is 5.26 Å². The van der Waals surface area contributed by atoms with E-state index < -0.39 is 10.0 Å². The molecule has 0 aliphatic heterocycles. The summed E-state index contributed by atoms with van der Waals surface area (Å²) in [5.74, 6) is -0.311. The van der Waals surface area contributed by atoms with Crippen LogP contribution in [0.1, 0.15) is 24.5 Å². The molecule has 1 aromatic carbocycles. The van der Waals surface area contributed by atoms with Gasteiger partial charge in [-0.1, -0.05) is 6.07 Å². The van der Waals surface area contributed by atoms with Crippen LogP contribution in [0.2, 0.25) is 0 Å². The Morgan fingerprint density at radius 1 is 1.37 bits per heavy atom. The molecule has 0 saturated carbocycles. The Balaban J connectivity index is 2.27. The van der Waals surface area contributed by atoms with Crippen LogP contribution in [0.15, 0.2) is 23.1 Å². The first-order valence-corrected chi connectivity index (χ1v) is 7.87. The molecule has 0 aromatic heterocycles. The van der Waals surface area contributed by atoms with E-state index in [2.05, 4.69) is 6.07 Å². The minimum absolute atomic E-state index is 0.218. The molecule has 1 aliphatic rings. The summed E-state index contributed by atoms with van der Waals surface area (Å²) in [4.78, 5) is 0.334. The summed E-state index contributed by atoms with van der Waals surface area (Å²) in [6.07, 6.45) is 3.09. The van der Waals surface area contributed by atoms with Gasteiger partial charge in [0.15, 0.2) is 0 Å². The van der Waals surface area contributed by atoms with E-state index in [9.17, 15) is 8.42 Å². The van der Waals surface area contributed by atoms with Crippen LogP contribution in [-0.2, 0) is 22.9 Å². The Labute approximate surface area is 114 Å². The second-order valence-electron chi connectivity index (χ2n) is 5.10. The molecule has 0 N–H and O–H groups in total. The van der Waals surface area contributed by atoms with Crippen LogP contribution < -0.4 is 0 Å². The lowest BCUT2D eigenvalue weighted by Crippen LogP contribution is -2.30. The summed E-state index contributed by atoms with van der Waals surface area (Å²) in [6, 6.07) is 7.42. The molecule has 0 fully saturated rings. The van der Waals surface area contributed by atoms with E-state index in [1.807, 2.05) is 6.07 Å². The summed E-state index contributed by atoms with van der Waals surface area (Å²) in [5, 5.41) is 8.78. The predicted octanol–water partition coefficient (Wildman–Crippen LogP) is 1.96. The number of fused-ring (bicyclic) bond motifs is 1. The quantitative estimate of drug-likeness (QED) is 0.845. The number of hydrogen-bond acceptors (Lipinski definition) is 3.